The highest BCUT2D eigenvalue weighted by molar-refractivity contribution is 8.54. The van der Waals surface area contributed by atoms with E-state index >= 15 is 0 Å². The highest BCUT2D eigenvalue weighted by Gasteiger charge is 2.24. The predicted molar refractivity (Wildman–Crippen MR) is 149 cm³/mol. The molecule has 0 aromatic rings. The molecule has 34 heavy (non-hydrogen) atoms. The second-order valence-electron chi connectivity index (χ2n) is 10.9. The van der Waals surface area contributed by atoms with Crippen LogP contribution in [-0.4, -0.2) is 69.3 Å². The van der Waals surface area contributed by atoms with Crippen LogP contribution >= 0.6 is 18.2 Å². The Bertz CT molecular complexity index is 638. The summed E-state index contributed by atoms with van der Waals surface area (Å²) in [6.07, 6.45) is 17.5. The highest BCUT2D eigenvalue weighted by atomic mass is 32.7. The molecule has 0 aliphatic rings. The molecule has 0 heterocycles. The molecule has 0 amide bonds. The summed E-state index contributed by atoms with van der Waals surface area (Å²) in [5.41, 5.74) is 0. The molecule has 9 heteroatoms. The first kappa shape index (κ1) is 34.4. The van der Waals surface area contributed by atoms with E-state index in [1.165, 1.54) is 70.6 Å². The number of quaternary nitrogens is 1. The standard InChI is InChI=1S/C25H54NO5PS2/c1-6-7-8-9-10-11-12-13-14-15-16-17-18-19-22-34(29,30)24-25(2)23-33-32(27,28)31-21-20-26(3,4)5/h25H,6-24H2,1-5H3/p+1. The van der Waals surface area contributed by atoms with Crippen LogP contribution in [0.25, 0.3) is 0 Å². The summed E-state index contributed by atoms with van der Waals surface area (Å²) in [6, 6.07) is 0. The van der Waals surface area contributed by atoms with Gasteiger partial charge in [0.05, 0.1) is 32.6 Å². The third-order valence-electron chi connectivity index (χ3n) is 5.89. The van der Waals surface area contributed by atoms with Gasteiger partial charge in [0.15, 0.2) is 9.84 Å². The molecule has 0 aromatic carbocycles. The Morgan fingerprint density at radius 3 is 1.74 bits per heavy atom. The van der Waals surface area contributed by atoms with E-state index in [2.05, 4.69) is 6.92 Å². The van der Waals surface area contributed by atoms with Crippen molar-refractivity contribution in [3.63, 3.8) is 0 Å². The lowest BCUT2D eigenvalue weighted by atomic mass is 10.0. The van der Waals surface area contributed by atoms with Gasteiger partial charge in [0.25, 0.3) is 0 Å². The first-order valence-corrected chi connectivity index (χ1v) is 18.5. The topological polar surface area (TPSA) is 80.7 Å². The maximum atomic E-state index is 12.4. The lowest BCUT2D eigenvalue weighted by Crippen LogP contribution is -2.37. The predicted octanol–water partition coefficient (Wildman–Crippen LogP) is 7.08. The van der Waals surface area contributed by atoms with Crippen LogP contribution in [0.2, 0.25) is 0 Å². The summed E-state index contributed by atoms with van der Waals surface area (Å²) in [7, 11) is 2.84. The van der Waals surface area contributed by atoms with E-state index in [0.717, 1.165) is 24.2 Å². The average molecular weight is 545 g/mol. The zero-order valence-electron chi connectivity index (χ0n) is 22.8. The summed E-state index contributed by atoms with van der Waals surface area (Å²) in [5, 5.41) is 0. The van der Waals surface area contributed by atoms with E-state index < -0.39 is 16.6 Å². The van der Waals surface area contributed by atoms with Gasteiger partial charge in [0, 0.05) is 5.75 Å². The number of hydrogen-bond donors (Lipinski definition) is 1. The SMILES string of the molecule is CCCCCCCCCCCCCCCCS(=O)(=O)CC(C)CSP(=O)(O)OCC[N+](C)(C)C. The molecule has 0 aliphatic heterocycles. The van der Waals surface area contributed by atoms with Gasteiger partial charge in [-0.3, -0.25) is 4.52 Å². The molecule has 0 saturated carbocycles. The van der Waals surface area contributed by atoms with Gasteiger partial charge in [0.1, 0.15) is 13.2 Å². The molecule has 0 aromatic heterocycles. The maximum absolute atomic E-state index is 12.4. The fourth-order valence-electron chi connectivity index (χ4n) is 3.77. The minimum Gasteiger partial charge on any atom is -0.329 e. The Labute approximate surface area is 215 Å². The zero-order valence-corrected chi connectivity index (χ0v) is 25.3. The van der Waals surface area contributed by atoms with Gasteiger partial charge in [0.2, 0.25) is 0 Å². The molecule has 1 N–H and O–H groups in total. The summed E-state index contributed by atoms with van der Waals surface area (Å²) < 4.78 is 42.7. The van der Waals surface area contributed by atoms with Gasteiger partial charge in [-0.05, 0) is 23.7 Å². The molecule has 0 spiro atoms. The summed E-state index contributed by atoms with van der Waals surface area (Å²) in [4.78, 5) is 9.94. The van der Waals surface area contributed by atoms with Crippen molar-refractivity contribution in [2.24, 2.45) is 5.92 Å². The van der Waals surface area contributed by atoms with E-state index in [4.69, 9.17) is 4.52 Å². The third-order valence-corrected chi connectivity index (χ3v) is 11.2. The molecule has 6 nitrogen and oxygen atoms in total. The smallest absolute Gasteiger partial charge is 0.329 e. The number of sulfone groups is 1. The van der Waals surface area contributed by atoms with Gasteiger partial charge in [-0.2, -0.15) is 0 Å². The molecule has 206 valence electrons. The van der Waals surface area contributed by atoms with Crippen LogP contribution in [0.15, 0.2) is 0 Å². The van der Waals surface area contributed by atoms with Crippen molar-refractivity contribution in [2.45, 2.75) is 104 Å². The summed E-state index contributed by atoms with van der Waals surface area (Å²) in [5.74, 6) is 0.411. The molecule has 0 radical (unpaired) electrons. The van der Waals surface area contributed by atoms with Crippen molar-refractivity contribution in [3.8, 4) is 0 Å². The van der Waals surface area contributed by atoms with Gasteiger partial charge in [-0.25, -0.2) is 13.0 Å². The van der Waals surface area contributed by atoms with E-state index in [-0.39, 0.29) is 24.0 Å². The van der Waals surface area contributed by atoms with Crippen LogP contribution in [0.5, 0.6) is 0 Å². The second kappa shape index (κ2) is 19.5. The number of unbranched alkanes of at least 4 members (excludes halogenated alkanes) is 13. The largest absolute Gasteiger partial charge is 0.386 e. The Hall–Kier alpha value is 0.410. The van der Waals surface area contributed by atoms with E-state index in [0.29, 0.717) is 23.2 Å². The number of rotatable bonds is 24. The number of likely N-dealkylation sites (N-methyl/N-ethyl adjacent to an activating group) is 1. The van der Waals surface area contributed by atoms with Crippen LogP contribution < -0.4 is 0 Å². The normalized spacial score (nSPS) is 15.4. The van der Waals surface area contributed by atoms with Gasteiger partial charge < -0.3 is 9.38 Å². The fraction of sp³-hybridized carbons (Fsp3) is 1.00. The van der Waals surface area contributed by atoms with Crippen LogP contribution in [0.3, 0.4) is 0 Å². The molecule has 0 fully saturated rings. The van der Waals surface area contributed by atoms with Gasteiger partial charge in [-0.15, -0.1) is 0 Å². The van der Waals surface area contributed by atoms with E-state index in [9.17, 15) is 17.9 Å². The van der Waals surface area contributed by atoms with E-state index in [1.807, 2.05) is 28.1 Å². The molecule has 0 rings (SSSR count). The fourth-order valence-corrected chi connectivity index (χ4v) is 8.44. The average Bonchev–Trinajstić information content (AvgIpc) is 2.71. The van der Waals surface area contributed by atoms with Crippen molar-refractivity contribution in [1.29, 1.82) is 0 Å². The second-order valence-corrected chi connectivity index (χ2v) is 17.1. The van der Waals surface area contributed by atoms with Crippen molar-refractivity contribution >= 4 is 28.0 Å². The maximum Gasteiger partial charge on any atom is 0.386 e. The molecule has 0 aliphatic carbocycles. The summed E-state index contributed by atoms with van der Waals surface area (Å²) in [6.45, 7) is 1.18. The number of nitrogens with zero attached hydrogens (tertiary/aromatic N) is 1. The van der Waals surface area contributed by atoms with Crippen molar-refractivity contribution < 1.29 is 26.9 Å². The van der Waals surface area contributed by atoms with Gasteiger partial charge >= 0.3 is 6.80 Å². The molecule has 2 atom stereocenters. The Morgan fingerprint density at radius 2 is 1.29 bits per heavy atom. The number of hydrogen-bond acceptors (Lipinski definition) is 5. The molecular weight excluding hydrogens is 489 g/mol. The zero-order chi connectivity index (χ0) is 25.9. The minimum absolute atomic E-state index is 0.0668. The van der Waals surface area contributed by atoms with Crippen LogP contribution in [0.4, 0.5) is 0 Å². The van der Waals surface area contributed by atoms with E-state index in [1.54, 1.807) is 0 Å². The van der Waals surface area contributed by atoms with Crippen LogP contribution in [0, 0.1) is 5.92 Å². The van der Waals surface area contributed by atoms with Crippen LogP contribution in [0.1, 0.15) is 104 Å². The minimum atomic E-state index is -3.74. The Morgan fingerprint density at radius 1 is 0.853 bits per heavy atom. The lowest BCUT2D eigenvalue weighted by molar-refractivity contribution is -0.870. The molecule has 2 unspecified atom stereocenters. The third kappa shape index (κ3) is 24.1. The molecular formula is C25H55NO5PS2+. The molecule has 0 bridgehead atoms. The first-order chi connectivity index (χ1) is 15.9. The first-order valence-electron chi connectivity index (χ1n) is 13.5. The Balaban J connectivity index is 3.75. The van der Waals surface area contributed by atoms with Crippen molar-refractivity contribution in [2.75, 3.05) is 51.6 Å². The molecule has 0 saturated heterocycles. The Kier molecular flexibility index (Phi) is 19.7. The van der Waals surface area contributed by atoms with Gasteiger partial charge in [-0.1, -0.05) is 97.3 Å². The highest BCUT2D eigenvalue weighted by Crippen LogP contribution is 2.56. The van der Waals surface area contributed by atoms with Crippen molar-refractivity contribution in [1.82, 2.24) is 0 Å². The van der Waals surface area contributed by atoms with Crippen LogP contribution in [-0.2, 0) is 18.9 Å². The summed E-state index contributed by atoms with van der Waals surface area (Å²) >= 11 is 0.844. The quantitative estimate of drug-likeness (QED) is 0.0795. The van der Waals surface area contributed by atoms with Crippen molar-refractivity contribution in [3.05, 3.63) is 0 Å². The monoisotopic (exact) mass is 544 g/mol. The lowest BCUT2D eigenvalue weighted by Gasteiger charge is -2.24.